The molecule has 31 heavy (non-hydrogen) atoms. The van der Waals surface area contributed by atoms with Gasteiger partial charge >= 0.3 is 6.03 Å². The van der Waals surface area contributed by atoms with Crippen LogP contribution in [0.1, 0.15) is 46.8 Å². The first-order valence-electron chi connectivity index (χ1n) is 10.6. The molecule has 0 saturated carbocycles. The first kappa shape index (κ1) is 23.2. The third-order valence-corrected chi connectivity index (χ3v) is 5.78. The summed E-state index contributed by atoms with van der Waals surface area (Å²) in [6, 6.07) is 3.24. The zero-order valence-electron chi connectivity index (χ0n) is 18.8. The van der Waals surface area contributed by atoms with Crippen molar-refractivity contribution >= 4 is 29.6 Å². The number of nitrogens with zero attached hydrogens (tertiary/aromatic N) is 4. The summed E-state index contributed by atoms with van der Waals surface area (Å²) in [5.41, 5.74) is -0.418. The number of imide groups is 1. The largest absolute Gasteiger partial charge is 0.467 e. The number of rotatable bonds is 6. The van der Waals surface area contributed by atoms with Crippen LogP contribution < -0.4 is 15.5 Å². The highest BCUT2D eigenvalue weighted by Crippen LogP contribution is 2.29. The summed E-state index contributed by atoms with van der Waals surface area (Å²) in [6.07, 6.45) is 2.83. The number of nitrogens with one attached hydrogen (secondary N) is 2. The van der Waals surface area contributed by atoms with Crippen LogP contribution >= 0.6 is 11.8 Å². The summed E-state index contributed by atoms with van der Waals surface area (Å²) in [5.74, 6) is 2.38. The monoisotopic (exact) mass is 448 g/mol. The van der Waals surface area contributed by atoms with Crippen molar-refractivity contribution in [1.29, 1.82) is 0 Å². The van der Waals surface area contributed by atoms with E-state index in [1.807, 2.05) is 37.5 Å². The molecule has 9 nitrogen and oxygen atoms in total. The molecule has 0 radical (unpaired) electrons. The molecule has 2 aromatic heterocycles. The van der Waals surface area contributed by atoms with Crippen molar-refractivity contribution in [2.75, 3.05) is 23.7 Å². The minimum atomic E-state index is -0.507. The summed E-state index contributed by atoms with van der Waals surface area (Å²) in [5, 5.41) is 14.5. The number of hydrogen-bond acceptors (Lipinski definition) is 7. The van der Waals surface area contributed by atoms with Gasteiger partial charge in [-0.2, -0.15) is 0 Å². The Bertz CT molecular complexity index is 880. The maximum atomic E-state index is 12.3. The third kappa shape index (κ3) is 6.75. The van der Waals surface area contributed by atoms with E-state index in [2.05, 4.69) is 39.6 Å². The average molecular weight is 449 g/mol. The zero-order chi connectivity index (χ0) is 22.6. The molecule has 3 rings (SSSR count). The van der Waals surface area contributed by atoms with Crippen LogP contribution in [0.4, 0.5) is 10.7 Å². The predicted molar refractivity (Wildman–Crippen MR) is 120 cm³/mol. The van der Waals surface area contributed by atoms with Gasteiger partial charge in [-0.3, -0.25) is 14.7 Å². The van der Waals surface area contributed by atoms with Gasteiger partial charge < -0.3 is 14.6 Å². The number of aromatic nitrogens is 3. The number of carbonyl (C=O) groups excluding carboxylic acids is 2. The lowest BCUT2D eigenvalue weighted by Crippen LogP contribution is -2.48. The van der Waals surface area contributed by atoms with Gasteiger partial charge in [0.25, 0.3) is 0 Å². The molecule has 2 atom stereocenters. The van der Waals surface area contributed by atoms with Gasteiger partial charge in [0, 0.05) is 18.6 Å². The zero-order valence-corrected chi connectivity index (χ0v) is 19.7. The fourth-order valence-electron chi connectivity index (χ4n) is 3.81. The molecule has 170 valence electrons. The molecule has 0 spiro atoms. The fourth-order valence-corrected chi connectivity index (χ4v) is 4.54. The summed E-state index contributed by atoms with van der Waals surface area (Å²) in [6.45, 7) is 12.4. The lowest BCUT2D eigenvalue weighted by Gasteiger charge is -2.35. The first-order valence-corrected chi connectivity index (χ1v) is 11.5. The van der Waals surface area contributed by atoms with E-state index < -0.39 is 11.6 Å². The molecule has 0 aromatic carbocycles. The normalized spacial score (nSPS) is 19.3. The van der Waals surface area contributed by atoms with Gasteiger partial charge in [-0.25, -0.2) is 4.79 Å². The second-order valence-corrected chi connectivity index (χ2v) is 10.3. The van der Waals surface area contributed by atoms with Gasteiger partial charge in [0.05, 0.1) is 18.6 Å². The Morgan fingerprint density at radius 2 is 1.94 bits per heavy atom. The maximum Gasteiger partial charge on any atom is 0.321 e. The van der Waals surface area contributed by atoms with Crippen molar-refractivity contribution in [2.45, 2.75) is 58.3 Å². The quantitative estimate of drug-likeness (QED) is 0.654. The number of furan rings is 1. The van der Waals surface area contributed by atoms with Gasteiger partial charge in [-0.15, -0.1) is 10.2 Å². The minimum absolute atomic E-state index is 0.0562. The average Bonchev–Trinajstić information content (AvgIpc) is 3.28. The lowest BCUT2D eigenvalue weighted by atomic mass is 9.92. The van der Waals surface area contributed by atoms with E-state index in [0.717, 1.165) is 24.8 Å². The van der Waals surface area contributed by atoms with Gasteiger partial charge in [0.1, 0.15) is 5.76 Å². The summed E-state index contributed by atoms with van der Waals surface area (Å²) in [4.78, 5) is 26.4. The topological polar surface area (TPSA) is 105 Å². The molecular weight excluding hydrogens is 416 g/mol. The Morgan fingerprint density at radius 3 is 2.55 bits per heavy atom. The minimum Gasteiger partial charge on any atom is -0.467 e. The third-order valence-electron chi connectivity index (χ3n) is 4.82. The molecule has 1 aliphatic rings. The molecule has 0 bridgehead atoms. The highest BCUT2D eigenvalue weighted by Gasteiger charge is 2.27. The molecule has 2 unspecified atom stereocenters. The van der Waals surface area contributed by atoms with E-state index >= 15 is 0 Å². The standard InChI is InChI=1S/C21H32N6O3S/c1-14-9-15(2)11-26(10-14)19-24-25-20(27(19)12-16-7-6-8-30-16)31-13-17(28)22-18(29)23-21(3,4)5/h6-8,14-15H,9-13H2,1-5H3,(H2,22,23,28,29). The number of hydrogen-bond donors (Lipinski definition) is 2. The van der Waals surface area contributed by atoms with E-state index in [4.69, 9.17) is 4.42 Å². The van der Waals surface area contributed by atoms with E-state index in [1.165, 1.54) is 18.2 Å². The molecule has 2 N–H and O–H groups in total. The number of piperidine rings is 1. The fraction of sp³-hybridized carbons (Fsp3) is 0.619. The molecule has 10 heteroatoms. The van der Waals surface area contributed by atoms with Crippen LogP contribution in [0, 0.1) is 11.8 Å². The molecule has 2 aromatic rings. The molecule has 3 heterocycles. The number of thioether (sulfide) groups is 1. The van der Waals surface area contributed by atoms with Crippen LogP contribution in [0.25, 0.3) is 0 Å². The molecule has 1 fully saturated rings. The summed E-state index contributed by atoms with van der Waals surface area (Å²) >= 11 is 1.25. The predicted octanol–water partition coefficient (Wildman–Crippen LogP) is 3.12. The Morgan fingerprint density at radius 1 is 1.23 bits per heavy atom. The molecule has 3 amide bonds. The van der Waals surface area contributed by atoms with Crippen molar-refractivity contribution in [3.8, 4) is 0 Å². The van der Waals surface area contributed by atoms with Crippen LogP contribution in [0.5, 0.6) is 0 Å². The first-order chi connectivity index (χ1) is 14.6. The van der Waals surface area contributed by atoms with Crippen LogP contribution in [0.3, 0.4) is 0 Å². The Hall–Kier alpha value is -2.49. The highest BCUT2D eigenvalue weighted by molar-refractivity contribution is 7.99. The summed E-state index contributed by atoms with van der Waals surface area (Å²) < 4.78 is 7.52. The highest BCUT2D eigenvalue weighted by atomic mass is 32.2. The number of urea groups is 1. The van der Waals surface area contributed by atoms with Crippen molar-refractivity contribution < 1.29 is 14.0 Å². The van der Waals surface area contributed by atoms with Crippen molar-refractivity contribution in [3.63, 3.8) is 0 Å². The summed E-state index contributed by atoms with van der Waals surface area (Å²) in [7, 11) is 0. The van der Waals surface area contributed by atoms with E-state index in [1.54, 1.807) is 6.26 Å². The smallest absolute Gasteiger partial charge is 0.321 e. The van der Waals surface area contributed by atoms with E-state index in [0.29, 0.717) is 23.5 Å². The van der Waals surface area contributed by atoms with Crippen LogP contribution in [-0.2, 0) is 11.3 Å². The molecule has 1 aliphatic heterocycles. The SMILES string of the molecule is CC1CC(C)CN(c2nnc(SCC(=O)NC(=O)NC(C)(C)C)n2Cc2ccco2)C1. The van der Waals surface area contributed by atoms with Gasteiger partial charge in [0.2, 0.25) is 11.9 Å². The van der Waals surface area contributed by atoms with E-state index in [-0.39, 0.29) is 11.7 Å². The number of amides is 3. The van der Waals surface area contributed by atoms with Gasteiger partial charge in [0.15, 0.2) is 5.16 Å². The van der Waals surface area contributed by atoms with E-state index in [9.17, 15) is 9.59 Å². The second kappa shape index (κ2) is 9.76. The van der Waals surface area contributed by atoms with Crippen molar-refractivity contribution in [1.82, 2.24) is 25.4 Å². The Kier molecular flexibility index (Phi) is 7.30. The lowest BCUT2D eigenvalue weighted by molar-refractivity contribution is -0.117. The van der Waals surface area contributed by atoms with Crippen molar-refractivity contribution in [2.24, 2.45) is 11.8 Å². The van der Waals surface area contributed by atoms with Crippen LogP contribution in [-0.4, -0.2) is 51.1 Å². The Balaban J connectivity index is 1.71. The van der Waals surface area contributed by atoms with Crippen LogP contribution in [0.2, 0.25) is 0 Å². The molecular formula is C21H32N6O3S. The van der Waals surface area contributed by atoms with Gasteiger partial charge in [-0.1, -0.05) is 25.6 Å². The Labute approximate surface area is 187 Å². The maximum absolute atomic E-state index is 12.3. The van der Waals surface area contributed by atoms with Crippen molar-refractivity contribution in [3.05, 3.63) is 24.2 Å². The molecule has 0 aliphatic carbocycles. The second-order valence-electron chi connectivity index (χ2n) is 9.34. The number of anilines is 1. The molecule has 1 saturated heterocycles. The number of carbonyl (C=O) groups is 2. The van der Waals surface area contributed by atoms with Gasteiger partial charge in [-0.05, 0) is 51.2 Å². The van der Waals surface area contributed by atoms with Crippen LogP contribution in [0.15, 0.2) is 28.0 Å².